The van der Waals surface area contributed by atoms with Crippen molar-refractivity contribution in [1.29, 1.82) is 0 Å². The molecule has 1 saturated carbocycles. The molecule has 110 valence electrons. The van der Waals surface area contributed by atoms with Gasteiger partial charge in [0.15, 0.2) is 0 Å². The zero-order valence-electron chi connectivity index (χ0n) is 12.1. The van der Waals surface area contributed by atoms with Crippen LogP contribution in [0, 0.1) is 5.92 Å². The lowest BCUT2D eigenvalue weighted by Gasteiger charge is -2.17. The molecule has 0 unspecified atom stereocenters. The smallest absolute Gasteiger partial charge is 0.220 e. The van der Waals surface area contributed by atoms with Crippen LogP contribution in [0.4, 0.5) is 0 Å². The first-order valence-electron chi connectivity index (χ1n) is 7.26. The molecular formula is C15H19N5O. The van der Waals surface area contributed by atoms with Gasteiger partial charge in [0.2, 0.25) is 5.91 Å². The molecule has 1 fully saturated rings. The van der Waals surface area contributed by atoms with Crippen LogP contribution in [0.2, 0.25) is 0 Å². The first kappa shape index (κ1) is 13.7. The number of hydrogen-bond donors (Lipinski definition) is 1. The van der Waals surface area contributed by atoms with Gasteiger partial charge in [0.25, 0.3) is 0 Å². The number of carbonyl (C=O) groups excluding carboxylic acids is 1. The van der Waals surface area contributed by atoms with E-state index < -0.39 is 0 Å². The Kier molecular flexibility index (Phi) is 3.94. The fourth-order valence-electron chi connectivity index (χ4n) is 2.46. The molecule has 6 heteroatoms. The predicted molar refractivity (Wildman–Crippen MR) is 77.2 cm³/mol. The number of aryl methyl sites for hydroxylation is 2. The summed E-state index contributed by atoms with van der Waals surface area (Å²) in [5.74, 6) is 1.39. The van der Waals surface area contributed by atoms with Gasteiger partial charge in [-0.15, -0.1) is 0 Å². The molecule has 0 spiro atoms. The van der Waals surface area contributed by atoms with E-state index in [-0.39, 0.29) is 11.9 Å². The summed E-state index contributed by atoms with van der Waals surface area (Å²) in [5, 5.41) is 7.20. The normalized spacial score (nSPS) is 15.7. The maximum absolute atomic E-state index is 12.2. The van der Waals surface area contributed by atoms with Crippen molar-refractivity contribution in [2.75, 3.05) is 0 Å². The average Bonchev–Trinajstić information content (AvgIpc) is 3.26. The van der Waals surface area contributed by atoms with Gasteiger partial charge in [0, 0.05) is 25.9 Å². The third-order valence-corrected chi connectivity index (χ3v) is 3.80. The van der Waals surface area contributed by atoms with E-state index in [9.17, 15) is 4.79 Å². The van der Waals surface area contributed by atoms with E-state index in [2.05, 4.69) is 20.4 Å². The Hall–Kier alpha value is -2.24. The van der Waals surface area contributed by atoms with Gasteiger partial charge in [-0.1, -0.05) is 6.07 Å². The molecule has 3 rings (SSSR count). The highest BCUT2D eigenvalue weighted by Crippen LogP contribution is 2.40. The van der Waals surface area contributed by atoms with Crippen LogP contribution in [0.5, 0.6) is 0 Å². The SMILES string of the molecule is Cn1ncnc1[C@@H](NC(=O)CCc1cccnc1)C1CC1. The summed E-state index contributed by atoms with van der Waals surface area (Å²) < 4.78 is 1.74. The van der Waals surface area contributed by atoms with Crippen LogP contribution in [-0.4, -0.2) is 25.7 Å². The summed E-state index contributed by atoms with van der Waals surface area (Å²) in [6, 6.07) is 3.86. The topological polar surface area (TPSA) is 72.7 Å². The van der Waals surface area contributed by atoms with Crippen molar-refractivity contribution in [1.82, 2.24) is 25.1 Å². The number of aromatic nitrogens is 4. The molecule has 1 aliphatic carbocycles. The number of hydrogen-bond acceptors (Lipinski definition) is 4. The second-order valence-electron chi connectivity index (χ2n) is 5.49. The molecule has 2 heterocycles. The molecule has 2 aromatic rings. The predicted octanol–water partition coefficient (Wildman–Crippen LogP) is 1.41. The van der Waals surface area contributed by atoms with Gasteiger partial charge in [0.05, 0.1) is 6.04 Å². The van der Waals surface area contributed by atoms with Crippen LogP contribution in [0.1, 0.15) is 36.7 Å². The van der Waals surface area contributed by atoms with E-state index in [0.717, 1.165) is 24.2 Å². The van der Waals surface area contributed by atoms with Crippen LogP contribution in [0.25, 0.3) is 0 Å². The number of nitrogens with one attached hydrogen (secondary N) is 1. The van der Waals surface area contributed by atoms with Crippen molar-refractivity contribution in [2.24, 2.45) is 13.0 Å². The molecule has 0 saturated heterocycles. The molecule has 21 heavy (non-hydrogen) atoms. The highest BCUT2D eigenvalue weighted by Gasteiger charge is 2.35. The highest BCUT2D eigenvalue weighted by atomic mass is 16.1. The lowest BCUT2D eigenvalue weighted by atomic mass is 10.1. The van der Waals surface area contributed by atoms with Crippen molar-refractivity contribution in [3.05, 3.63) is 42.2 Å². The zero-order chi connectivity index (χ0) is 14.7. The van der Waals surface area contributed by atoms with Crippen molar-refractivity contribution in [3.8, 4) is 0 Å². The van der Waals surface area contributed by atoms with E-state index in [1.54, 1.807) is 17.1 Å². The van der Waals surface area contributed by atoms with Gasteiger partial charge in [-0.3, -0.25) is 14.5 Å². The second-order valence-corrected chi connectivity index (χ2v) is 5.49. The molecule has 1 aliphatic rings. The average molecular weight is 285 g/mol. The molecule has 1 N–H and O–H groups in total. The molecule has 0 bridgehead atoms. The van der Waals surface area contributed by atoms with Crippen molar-refractivity contribution in [3.63, 3.8) is 0 Å². The number of pyridine rings is 1. The van der Waals surface area contributed by atoms with E-state index >= 15 is 0 Å². The molecular weight excluding hydrogens is 266 g/mol. The summed E-state index contributed by atoms with van der Waals surface area (Å²) in [5.41, 5.74) is 1.08. The van der Waals surface area contributed by atoms with E-state index in [1.807, 2.05) is 19.2 Å². The van der Waals surface area contributed by atoms with Crippen LogP contribution in [-0.2, 0) is 18.3 Å². The number of amides is 1. The van der Waals surface area contributed by atoms with Gasteiger partial charge >= 0.3 is 0 Å². The van der Waals surface area contributed by atoms with Gasteiger partial charge in [-0.05, 0) is 36.8 Å². The summed E-state index contributed by atoms with van der Waals surface area (Å²) in [6.45, 7) is 0. The Labute approximate surface area is 123 Å². The highest BCUT2D eigenvalue weighted by molar-refractivity contribution is 5.76. The molecule has 2 aromatic heterocycles. The van der Waals surface area contributed by atoms with Crippen LogP contribution >= 0.6 is 0 Å². The summed E-state index contributed by atoms with van der Waals surface area (Å²) in [4.78, 5) is 20.5. The van der Waals surface area contributed by atoms with Gasteiger partial charge < -0.3 is 5.32 Å². The van der Waals surface area contributed by atoms with Crippen LogP contribution in [0.15, 0.2) is 30.9 Å². The minimum Gasteiger partial charge on any atom is -0.346 e. The number of carbonyl (C=O) groups is 1. The zero-order valence-corrected chi connectivity index (χ0v) is 12.1. The second kappa shape index (κ2) is 6.03. The Balaban J connectivity index is 1.59. The van der Waals surface area contributed by atoms with E-state index in [0.29, 0.717) is 18.8 Å². The Morgan fingerprint density at radius 3 is 3.00 bits per heavy atom. The number of rotatable bonds is 6. The largest absolute Gasteiger partial charge is 0.346 e. The van der Waals surface area contributed by atoms with Crippen LogP contribution in [0.3, 0.4) is 0 Å². The number of nitrogens with zero attached hydrogens (tertiary/aromatic N) is 4. The Morgan fingerprint density at radius 2 is 2.38 bits per heavy atom. The van der Waals surface area contributed by atoms with E-state index in [4.69, 9.17) is 0 Å². The third kappa shape index (κ3) is 3.45. The lowest BCUT2D eigenvalue weighted by molar-refractivity contribution is -0.122. The third-order valence-electron chi connectivity index (χ3n) is 3.80. The van der Waals surface area contributed by atoms with Crippen molar-refractivity contribution < 1.29 is 4.79 Å². The molecule has 0 aromatic carbocycles. The van der Waals surface area contributed by atoms with Gasteiger partial charge in [-0.2, -0.15) is 5.10 Å². The standard InChI is InChI=1S/C15H19N5O/c1-20-15(17-10-18-20)14(12-5-6-12)19-13(21)7-4-11-3-2-8-16-9-11/h2-3,8-10,12,14H,4-7H2,1H3,(H,19,21)/t14-/m0/s1. The van der Waals surface area contributed by atoms with Crippen molar-refractivity contribution >= 4 is 5.91 Å². The molecule has 6 nitrogen and oxygen atoms in total. The lowest BCUT2D eigenvalue weighted by Crippen LogP contribution is -2.32. The molecule has 0 aliphatic heterocycles. The summed E-state index contributed by atoms with van der Waals surface area (Å²) in [6.07, 6.45) is 8.52. The summed E-state index contributed by atoms with van der Waals surface area (Å²) >= 11 is 0. The first-order chi connectivity index (χ1) is 10.2. The van der Waals surface area contributed by atoms with Gasteiger partial charge in [0.1, 0.15) is 12.2 Å². The monoisotopic (exact) mass is 285 g/mol. The fourth-order valence-corrected chi connectivity index (χ4v) is 2.46. The minimum atomic E-state index is -0.0149. The first-order valence-corrected chi connectivity index (χ1v) is 7.26. The van der Waals surface area contributed by atoms with E-state index in [1.165, 1.54) is 6.33 Å². The Morgan fingerprint density at radius 1 is 1.52 bits per heavy atom. The van der Waals surface area contributed by atoms with Gasteiger partial charge in [-0.25, -0.2) is 4.98 Å². The van der Waals surface area contributed by atoms with Crippen LogP contribution < -0.4 is 5.32 Å². The summed E-state index contributed by atoms with van der Waals surface area (Å²) in [7, 11) is 1.86. The maximum atomic E-state index is 12.2. The maximum Gasteiger partial charge on any atom is 0.220 e. The fraction of sp³-hybridized carbons (Fsp3) is 0.467. The molecule has 0 radical (unpaired) electrons. The molecule has 1 amide bonds. The Bertz CT molecular complexity index is 606. The minimum absolute atomic E-state index is 0.0149. The quantitative estimate of drug-likeness (QED) is 0.871. The van der Waals surface area contributed by atoms with Crippen molar-refractivity contribution in [2.45, 2.75) is 31.7 Å². The molecule has 1 atom stereocenters.